The van der Waals surface area contributed by atoms with Gasteiger partial charge in [-0.3, -0.25) is 0 Å². The number of nitrogens with one attached hydrogen (secondary N) is 1. The van der Waals surface area contributed by atoms with Crippen molar-refractivity contribution >= 4 is 6.09 Å². The maximum Gasteiger partial charge on any atom is 0.407 e. The van der Waals surface area contributed by atoms with E-state index in [1.807, 2.05) is 26.8 Å². The summed E-state index contributed by atoms with van der Waals surface area (Å²) in [7, 11) is 0. The number of ether oxygens (including phenoxy) is 1. The van der Waals surface area contributed by atoms with Gasteiger partial charge in [0, 0.05) is 6.04 Å². The van der Waals surface area contributed by atoms with Crippen LogP contribution in [0.5, 0.6) is 5.75 Å². The summed E-state index contributed by atoms with van der Waals surface area (Å²) in [5.74, 6) is 0.275. The lowest BCUT2D eigenvalue weighted by Crippen LogP contribution is -2.41. The SMILES string of the molecule is CC(C)(C)OC(=O)N[C@@H]1CCc2ccc(O)cc2C1. The largest absolute Gasteiger partial charge is 0.508 e. The first-order chi connectivity index (χ1) is 8.83. The molecule has 4 heteroatoms. The minimum Gasteiger partial charge on any atom is -0.508 e. The highest BCUT2D eigenvalue weighted by Gasteiger charge is 2.23. The van der Waals surface area contributed by atoms with E-state index in [0.717, 1.165) is 24.8 Å². The average molecular weight is 263 g/mol. The molecule has 2 rings (SSSR count). The van der Waals surface area contributed by atoms with Crippen molar-refractivity contribution in [3.8, 4) is 5.75 Å². The van der Waals surface area contributed by atoms with E-state index in [9.17, 15) is 9.90 Å². The highest BCUT2D eigenvalue weighted by molar-refractivity contribution is 5.68. The average Bonchev–Trinajstić information content (AvgIpc) is 2.25. The van der Waals surface area contributed by atoms with Crippen LogP contribution in [-0.2, 0) is 17.6 Å². The lowest BCUT2D eigenvalue weighted by molar-refractivity contribution is 0.0500. The molecule has 1 atom stereocenters. The third-order valence-electron chi connectivity index (χ3n) is 3.14. The first kappa shape index (κ1) is 13.7. The molecular formula is C15H21NO3. The van der Waals surface area contributed by atoms with Gasteiger partial charge in [-0.2, -0.15) is 0 Å². The molecule has 0 aromatic heterocycles. The van der Waals surface area contributed by atoms with Crippen molar-refractivity contribution in [3.05, 3.63) is 29.3 Å². The number of alkyl carbamates (subject to hydrolysis) is 1. The Morgan fingerprint density at radius 2 is 2.11 bits per heavy atom. The van der Waals surface area contributed by atoms with Crippen LogP contribution < -0.4 is 5.32 Å². The Kier molecular flexibility index (Phi) is 3.69. The third-order valence-corrected chi connectivity index (χ3v) is 3.14. The van der Waals surface area contributed by atoms with Crippen LogP contribution in [0.15, 0.2) is 18.2 Å². The predicted octanol–water partition coefficient (Wildman–Crippen LogP) is 2.77. The van der Waals surface area contributed by atoms with Gasteiger partial charge in [-0.1, -0.05) is 6.07 Å². The summed E-state index contributed by atoms with van der Waals surface area (Å²) in [5, 5.41) is 12.4. The van der Waals surface area contributed by atoms with Gasteiger partial charge < -0.3 is 15.2 Å². The number of rotatable bonds is 1. The Bertz CT molecular complexity index is 477. The van der Waals surface area contributed by atoms with E-state index in [1.165, 1.54) is 5.56 Å². The highest BCUT2D eigenvalue weighted by Crippen LogP contribution is 2.25. The molecule has 19 heavy (non-hydrogen) atoms. The summed E-state index contributed by atoms with van der Waals surface area (Å²) >= 11 is 0. The van der Waals surface area contributed by atoms with Crippen molar-refractivity contribution in [1.29, 1.82) is 0 Å². The van der Waals surface area contributed by atoms with Gasteiger partial charge in [0.1, 0.15) is 11.4 Å². The van der Waals surface area contributed by atoms with E-state index < -0.39 is 5.60 Å². The fraction of sp³-hybridized carbons (Fsp3) is 0.533. The number of carbonyl (C=O) groups excluding carboxylic acids is 1. The van der Waals surface area contributed by atoms with E-state index in [0.29, 0.717) is 0 Å². The Hall–Kier alpha value is -1.71. The van der Waals surface area contributed by atoms with Crippen LogP contribution in [0.1, 0.15) is 38.3 Å². The molecule has 0 radical (unpaired) electrons. The first-order valence-electron chi connectivity index (χ1n) is 6.64. The van der Waals surface area contributed by atoms with Crippen LogP contribution in [0.2, 0.25) is 0 Å². The van der Waals surface area contributed by atoms with Gasteiger partial charge >= 0.3 is 6.09 Å². The topological polar surface area (TPSA) is 58.6 Å². The van der Waals surface area contributed by atoms with Crippen molar-refractivity contribution in [2.45, 2.75) is 51.7 Å². The molecule has 1 aromatic carbocycles. The molecule has 0 heterocycles. The summed E-state index contributed by atoms with van der Waals surface area (Å²) in [4.78, 5) is 11.7. The van der Waals surface area contributed by atoms with Gasteiger partial charge in [0.05, 0.1) is 0 Å². The minimum absolute atomic E-state index is 0.0733. The molecular weight excluding hydrogens is 242 g/mol. The maximum atomic E-state index is 11.7. The summed E-state index contributed by atoms with van der Waals surface area (Å²) < 4.78 is 5.25. The molecule has 0 unspecified atom stereocenters. The second-order valence-corrected chi connectivity index (χ2v) is 6.04. The molecule has 1 aliphatic rings. The van der Waals surface area contributed by atoms with Crippen LogP contribution in [0.25, 0.3) is 0 Å². The number of hydrogen-bond donors (Lipinski definition) is 2. The van der Waals surface area contributed by atoms with Crippen molar-refractivity contribution < 1.29 is 14.6 Å². The van der Waals surface area contributed by atoms with Crippen LogP contribution >= 0.6 is 0 Å². The fourth-order valence-electron chi connectivity index (χ4n) is 2.34. The molecule has 104 valence electrons. The molecule has 0 fully saturated rings. The number of phenolic OH excluding ortho intramolecular Hbond substituents is 1. The van der Waals surface area contributed by atoms with Crippen molar-refractivity contribution in [1.82, 2.24) is 5.32 Å². The Morgan fingerprint density at radius 3 is 2.79 bits per heavy atom. The van der Waals surface area contributed by atoms with Gasteiger partial charge in [-0.15, -0.1) is 0 Å². The minimum atomic E-state index is -0.477. The van der Waals surface area contributed by atoms with Crippen LogP contribution in [-0.4, -0.2) is 22.8 Å². The van der Waals surface area contributed by atoms with Crippen molar-refractivity contribution in [2.24, 2.45) is 0 Å². The standard InChI is InChI=1S/C15H21NO3/c1-15(2,3)19-14(18)16-12-6-4-10-5-7-13(17)9-11(10)8-12/h5,7,9,12,17H,4,6,8H2,1-3H3,(H,16,18)/t12-/m1/s1. The van der Waals surface area contributed by atoms with E-state index in [2.05, 4.69) is 5.32 Å². The van der Waals surface area contributed by atoms with E-state index in [-0.39, 0.29) is 17.9 Å². The Labute approximate surface area is 113 Å². The zero-order valence-corrected chi connectivity index (χ0v) is 11.7. The first-order valence-corrected chi connectivity index (χ1v) is 6.64. The van der Waals surface area contributed by atoms with Gasteiger partial charge in [-0.05, 0) is 63.3 Å². The lowest BCUT2D eigenvalue weighted by Gasteiger charge is -2.27. The van der Waals surface area contributed by atoms with Crippen molar-refractivity contribution in [3.63, 3.8) is 0 Å². The number of fused-ring (bicyclic) bond motifs is 1. The maximum absolute atomic E-state index is 11.7. The van der Waals surface area contributed by atoms with Crippen LogP contribution in [0, 0.1) is 0 Å². The zero-order valence-electron chi connectivity index (χ0n) is 11.7. The van der Waals surface area contributed by atoms with E-state index in [1.54, 1.807) is 12.1 Å². The number of aryl methyl sites for hydroxylation is 1. The molecule has 1 amide bonds. The van der Waals surface area contributed by atoms with Gasteiger partial charge in [-0.25, -0.2) is 4.79 Å². The molecule has 0 saturated heterocycles. The molecule has 1 aliphatic carbocycles. The number of amides is 1. The summed E-state index contributed by atoms with van der Waals surface area (Å²) in [6.07, 6.45) is 2.18. The van der Waals surface area contributed by atoms with Gasteiger partial charge in [0.25, 0.3) is 0 Å². The molecule has 0 spiro atoms. The number of benzene rings is 1. The Balaban J connectivity index is 1.96. The monoisotopic (exact) mass is 263 g/mol. The van der Waals surface area contributed by atoms with Gasteiger partial charge in [0.15, 0.2) is 0 Å². The molecule has 2 N–H and O–H groups in total. The normalized spacial score (nSPS) is 18.6. The van der Waals surface area contributed by atoms with Crippen molar-refractivity contribution in [2.75, 3.05) is 0 Å². The molecule has 1 aromatic rings. The quantitative estimate of drug-likeness (QED) is 0.819. The van der Waals surface area contributed by atoms with E-state index >= 15 is 0 Å². The molecule has 0 aliphatic heterocycles. The zero-order chi connectivity index (χ0) is 14.0. The summed E-state index contributed by atoms with van der Waals surface area (Å²) in [6, 6.07) is 5.51. The number of carbonyl (C=O) groups is 1. The predicted molar refractivity (Wildman–Crippen MR) is 73.3 cm³/mol. The molecule has 4 nitrogen and oxygen atoms in total. The lowest BCUT2D eigenvalue weighted by atomic mass is 9.88. The number of aromatic hydroxyl groups is 1. The number of phenols is 1. The third kappa shape index (κ3) is 3.88. The second kappa shape index (κ2) is 5.11. The summed E-state index contributed by atoms with van der Waals surface area (Å²) in [6.45, 7) is 5.54. The highest BCUT2D eigenvalue weighted by atomic mass is 16.6. The second-order valence-electron chi connectivity index (χ2n) is 6.04. The molecule has 0 saturated carbocycles. The smallest absolute Gasteiger partial charge is 0.407 e. The van der Waals surface area contributed by atoms with Crippen LogP contribution in [0.4, 0.5) is 4.79 Å². The molecule has 0 bridgehead atoms. The number of hydrogen-bond acceptors (Lipinski definition) is 3. The van der Waals surface area contributed by atoms with Crippen LogP contribution in [0.3, 0.4) is 0 Å². The van der Waals surface area contributed by atoms with Gasteiger partial charge in [0.2, 0.25) is 0 Å². The summed E-state index contributed by atoms with van der Waals surface area (Å²) in [5.41, 5.74) is 1.88. The fourth-order valence-corrected chi connectivity index (χ4v) is 2.34. The Morgan fingerprint density at radius 1 is 1.37 bits per heavy atom. The van der Waals surface area contributed by atoms with E-state index in [4.69, 9.17) is 4.74 Å².